The second kappa shape index (κ2) is 6.39. The number of benzene rings is 1. The van der Waals surface area contributed by atoms with E-state index in [4.69, 9.17) is 4.52 Å². The first-order valence-electron chi connectivity index (χ1n) is 6.54. The molecule has 112 valence electrons. The third-order valence-electron chi connectivity index (χ3n) is 3.38. The van der Waals surface area contributed by atoms with Gasteiger partial charge >= 0.3 is 0 Å². The molecule has 21 heavy (non-hydrogen) atoms. The Morgan fingerprint density at radius 3 is 2.81 bits per heavy atom. The van der Waals surface area contributed by atoms with E-state index < -0.39 is 0 Å². The maximum atomic E-state index is 13.2. The van der Waals surface area contributed by atoms with Crippen LogP contribution in [0.5, 0.6) is 0 Å². The molecule has 0 spiro atoms. The average molecular weight is 355 g/mol. The number of hydrogen-bond donors (Lipinski definition) is 1. The summed E-state index contributed by atoms with van der Waals surface area (Å²) in [6.45, 7) is 5.63. The molecule has 1 amide bonds. The SMILES string of the molecule is Cc1noc(C)c1C(C)C(=O)NCc1cc(F)ccc1Br. The normalized spacial score (nSPS) is 12.2. The highest BCUT2D eigenvalue weighted by Gasteiger charge is 2.22. The topological polar surface area (TPSA) is 55.1 Å². The number of aryl methyl sites for hydroxylation is 2. The summed E-state index contributed by atoms with van der Waals surface area (Å²) in [5, 5.41) is 6.66. The summed E-state index contributed by atoms with van der Waals surface area (Å²) in [6, 6.07) is 4.38. The predicted molar refractivity (Wildman–Crippen MR) is 80.3 cm³/mol. The van der Waals surface area contributed by atoms with Gasteiger partial charge in [0.05, 0.1) is 11.6 Å². The molecule has 0 aliphatic rings. The molecule has 1 aromatic carbocycles. The summed E-state index contributed by atoms with van der Waals surface area (Å²) in [4.78, 5) is 12.2. The van der Waals surface area contributed by atoms with E-state index in [1.165, 1.54) is 12.1 Å². The van der Waals surface area contributed by atoms with Crippen LogP contribution in [0.25, 0.3) is 0 Å². The molecule has 1 unspecified atom stereocenters. The minimum absolute atomic E-state index is 0.152. The minimum Gasteiger partial charge on any atom is -0.361 e. The molecule has 0 saturated heterocycles. The Kier molecular flexibility index (Phi) is 4.77. The van der Waals surface area contributed by atoms with E-state index in [2.05, 4.69) is 26.4 Å². The van der Waals surface area contributed by atoms with Crippen molar-refractivity contribution in [2.24, 2.45) is 0 Å². The van der Waals surface area contributed by atoms with E-state index in [0.29, 0.717) is 17.0 Å². The van der Waals surface area contributed by atoms with Crippen LogP contribution in [0.15, 0.2) is 27.2 Å². The fourth-order valence-electron chi connectivity index (χ4n) is 2.25. The zero-order valence-electron chi connectivity index (χ0n) is 12.0. The van der Waals surface area contributed by atoms with Crippen molar-refractivity contribution in [3.63, 3.8) is 0 Å². The smallest absolute Gasteiger partial charge is 0.227 e. The van der Waals surface area contributed by atoms with Gasteiger partial charge in [0.25, 0.3) is 0 Å². The van der Waals surface area contributed by atoms with Crippen LogP contribution in [0, 0.1) is 19.7 Å². The van der Waals surface area contributed by atoms with Crippen LogP contribution in [0.1, 0.15) is 35.4 Å². The quantitative estimate of drug-likeness (QED) is 0.912. The number of nitrogens with zero attached hydrogens (tertiary/aromatic N) is 1. The molecule has 1 heterocycles. The first-order chi connectivity index (χ1) is 9.90. The number of amides is 1. The number of nitrogens with one attached hydrogen (secondary N) is 1. The van der Waals surface area contributed by atoms with E-state index in [1.54, 1.807) is 26.8 Å². The highest BCUT2D eigenvalue weighted by Crippen LogP contribution is 2.23. The second-order valence-electron chi connectivity index (χ2n) is 4.91. The number of halogens is 2. The largest absolute Gasteiger partial charge is 0.361 e. The summed E-state index contributed by atoms with van der Waals surface area (Å²) in [7, 11) is 0. The first-order valence-corrected chi connectivity index (χ1v) is 7.34. The highest BCUT2D eigenvalue weighted by atomic mass is 79.9. The molecule has 1 atom stereocenters. The lowest BCUT2D eigenvalue weighted by Gasteiger charge is -2.13. The van der Waals surface area contributed by atoms with Crippen LogP contribution >= 0.6 is 15.9 Å². The number of carbonyl (C=O) groups is 1. The Morgan fingerprint density at radius 1 is 1.48 bits per heavy atom. The van der Waals surface area contributed by atoms with E-state index >= 15 is 0 Å². The molecule has 0 saturated carbocycles. The molecular weight excluding hydrogens is 339 g/mol. The molecular formula is C15H16BrFN2O2. The Balaban J connectivity index is 2.07. The molecule has 2 aromatic rings. The van der Waals surface area contributed by atoms with Crippen molar-refractivity contribution in [2.45, 2.75) is 33.2 Å². The van der Waals surface area contributed by atoms with Gasteiger partial charge in [0.15, 0.2) is 0 Å². The molecule has 0 bridgehead atoms. The lowest BCUT2D eigenvalue weighted by molar-refractivity contribution is -0.122. The summed E-state index contributed by atoms with van der Waals surface area (Å²) in [5.41, 5.74) is 2.20. The van der Waals surface area contributed by atoms with E-state index in [9.17, 15) is 9.18 Å². The molecule has 1 N–H and O–H groups in total. The van der Waals surface area contributed by atoms with Crippen LogP contribution in [0.4, 0.5) is 4.39 Å². The number of rotatable bonds is 4. The Bertz CT molecular complexity index is 650. The van der Waals surface area contributed by atoms with Gasteiger partial charge in [0.2, 0.25) is 5.91 Å². The maximum Gasteiger partial charge on any atom is 0.227 e. The van der Waals surface area contributed by atoms with E-state index in [1.807, 2.05) is 0 Å². The standard InChI is InChI=1S/C15H16BrFN2O2/c1-8(14-9(2)19-21-10(14)3)15(20)18-7-11-6-12(17)4-5-13(11)16/h4-6,8H,7H2,1-3H3,(H,18,20). The van der Waals surface area contributed by atoms with Gasteiger partial charge in [-0.25, -0.2) is 4.39 Å². The van der Waals surface area contributed by atoms with Crippen molar-refractivity contribution in [3.8, 4) is 0 Å². The monoisotopic (exact) mass is 354 g/mol. The van der Waals surface area contributed by atoms with Gasteiger partial charge in [-0.3, -0.25) is 4.79 Å². The maximum absolute atomic E-state index is 13.2. The zero-order valence-corrected chi connectivity index (χ0v) is 13.6. The van der Waals surface area contributed by atoms with Gasteiger partial charge in [-0.05, 0) is 44.5 Å². The van der Waals surface area contributed by atoms with E-state index in [0.717, 1.165) is 10.0 Å². The van der Waals surface area contributed by atoms with Crippen molar-refractivity contribution >= 4 is 21.8 Å². The summed E-state index contributed by atoms with van der Waals surface area (Å²) >= 11 is 3.34. The van der Waals surface area contributed by atoms with Crippen LogP contribution in [0.3, 0.4) is 0 Å². The number of aromatic nitrogens is 1. The Hall–Kier alpha value is -1.69. The van der Waals surface area contributed by atoms with Gasteiger partial charge in [-0.15, -0.1) is 0 Å². The summed E-state index contributed by atoms with van der Waals surface area (Å²) in [5.74, 6) is -0.215. The van der Waals surface area contributed by atoms with Crippen molar-refractivity contribution in [2.75, 3.05) is 0 Å². The third-order valence-corrected chi connectivity index (χ3v) is 4.15. The zero-order chi connectivity index (χ0) is 15.6. The van der Waals surface area contributed by atoms with Crippen molar-refractivity contribution in [1.82, 2.24) is 10.5 Å². The van der Waals surface area contributed by atoms with Crippen molar-refractivity contribution in [1.29, 1.82) is 0 Å². The molecule has 2 rings (SSSR count). The van der Waals surface area contributed by atoms with Crippen molar-refractivity contribution in [3.05, 3.63) is 51.1 Å². The van der Waals surface area contributed by atoms with Crippen LogP contribution in [-0.4, -0.2) is 11.1 Å². The van der Waals surface area contributed by atoms with Gasteiger partial charge in [0, 0.05) is 16.6 Å². The number of hydrogen-bond acceptors (Lipinski definition) is 3. The minimum atomic E-state index is -0.372. The molecule has 0 aliphatic carbocycles. The molecule has 0 fully saturated rings. The van der Waals surface area contributed by atoms with E-state index in [-0.39, 0.29) is 24.2 Å². The van der Waals surface area contributed by atoms with Gasteiger partial charge in [0.1, 0.15) is 11.6 Å². The third kappa shape index (κ3) is 3.50. The van der Waals surface area contributed by atoms with Crippen LogP contribution in [-0.2, 0) is 11.3 Å². The van der Waals surface area contributed by atoms with Gasteiger partial charge in [-0.2, -0.15) is 0 Å². The summed E-state index contributed by atoms with van der Waals surface area (Å²) < 4.78 is 19.0. The summed E-state index contributed by atoms with van der Waals surface area (Å²) in [6.07, 6.45) is 0. The van der Waals surface area contributed by atoms with Gasteiger partial charge < -0.3 is 9.84 Å². The highest BCUT2D eigenvalue weighted by molar-refractivity contribution is 9.10. The Labute approximate surface area is 130 Å². The first kappa shape index (κ1) is 15.7. The second-order valence-corrected chi connectivity index (χ2v) is 5.77. The molecule has 6 heteroatoms. The predicted octanol–water partition coefficient (Wildman–Crippen LogP) is 3.61. The molecule has 1 aromatic heterocycles. The fraction of sp³-hybridized carbons (Fsp3) is 0.333. The van der Waals surface area contributed by atoms with Crippen LogP contribution in [0.2, 0.25) is 0 Å². The number of carbonyl (C=O) groups excluding carboxylic acids is 1. The van der Waals surface area contributed by atoms with Crippen LogP contribution < -0.4 is 5.32 Å². The van der Waals surface area contributed by atoms with Crippen molar-refractivity contribution < 1.29 is 13.7 Å². The van der Waals surface area contributed by atoms with Gasteiger partial charge in [-0.1, -0.05) is 21.1 Å². The lowest BCUT2D eigenvalue weighted by Crippen LogP contribution is -2.28. The molecule has 4 nitrogen and oxygen atoms in total. The average Bonchev–Trinajstić information content (AvgIpc) is 2.78. The lowest BCUT2D eigenvalue weighted by atomic mass is 9.98. The molecule has 0 radical (unpaired) electrons. The fourth-order valence-corrected chi connectivity index (χ4v) is 2.64. The molecule has 0 aliphatic heterocycles. The Morgan fingerprint density at radius 2 is 2.19 bits per heavy atom.